The Balaban J connectivity index is 1.20. The van der Waals surface area contributed by atoms with Gasteiger partial charge in [0.15, 0.2) is 0 Å². The van der Waals surface area contributed by atoms with Crippen molar-refractivity contribution >= 4 is 35.2 Å². The Morgan fingerprint density at radius 2 is 1.90 bits per heavy atom. The number of nitrogens with zero attached hydrogens (tertiary/aromatic N) is 2. The van der Waals surface area contributed by atoms with Crippen molar-refractivity contribution in [2.45, 2.75) is 56.6 Å². The van der Waals surface area contributed by atoms with E-state index in [4.69, 9.17) is 33.2 Å². The Morgan fingerprint density at radius 3 is 2.61 bits per heavy atom. The third kappa shape index (κ3) is 6.75. The topological polar surface area (TPSA) is 94.5 Å². The molecule has 1 saturated heterocycles. The number of carbonyl (C=O) groups excluding carboxylic acids is 2. The molecular weight excluding hydrogens is 566 g/mol. The first-order valence-corrected chi connectivity index (χ1v) is 14.6. The van der Waals surface area contributed by atoms with Crippen molar-refractivity contribution in [2.75, 3.05) is 19.6 Å². The van der Waals surface area contributed by atoms with Crippen LogP contribution in [-0.2, 0) is 16.1 Å². The van der Waals surface area contributed by atoms with Crippen LogP contribution in [0.1, 0.15) is 61.1 Å². The van der Waals surface area contributed by atoms with Gasteiger partial charge < -0.3 is 15.0 Å². The van der Waals surface area contributed by atoms with Crippen molar-refractivity contribution in [3.8, 4) is 6.07 Å². The van der Waals surface area contributed by atoms with E-state index in [0.29, 0.717) is 67.3 Å². The highest BCUT2D eigenvalue weighted by Gasteiger charge is 2.46. The summed E-state index contributed by atoms with van der Waals surface area (Å²) in [6.45, 7) is 2.50. The van der Waals surface area contributed by atoms with E-state index >= 15 is 0 Å². The molecule has 2 aromatic carbocycles. The number of halogens is 3. The Labute approximate surface area is 248 Å². The molecule has 3 aliphatic rings. The summed E-state index contributed by atoms with van der Waals surface area (Å²) < 4.78 is 19.9. The van der Waals surface area contributed by atoms with Crippen LogP contribution in [0.3, 0.4) is 0 Å². The molecule has 41 heavy (non-hydrogen) atoms. The van der Waals surface area contributed by atoms with Crippen molar-refractivity contribution in [1.29, 1.82) is 5.26 Å². The smallest absolute Gasteiger partial charge is 0.412 e. The summed E-state index contributed by atoms with van der Waals surface area (Å²) in [5, 5.41) is 15.6. The van der Waals surface area contributed by atoms with E-state index < -0.39 is 17.6 Å². The first kappa shape index (κ1) is 29.1. The molecule has 2 aliphatic heterocycles. The molecule has 0 aromatic heterocycles. The number of nitriles is 1. The van der Waals surface area contributed by atoms with Crippen LogP contribution < -0.4 is 10.6 Å². The molecule has 1 atom stereocenters. The van der Waals surface area contributed by atoms with Gasteiger partial charge in [0.25, 0.3) is 0 Å². The number of rotatable bonds is 8. The predicted octanol–water partition coefficient (Wildman–Crippen LogP) is 6.52. The van der Waals surface area contributed by atoms with Gasteiger partial charge in [-0.15, -0.1) is 0 Å². The lowest BCUT2D eigenvalue weighted by Crippen LogP contribution is -2.53. The van der Waals surface area contributed by atoms with Gasteiger partial charge in [-0.1, -0.05) is 41.4 Å². The number of amides is 2. The summed E-state index contributed by atoms with van der Waals surface area (Å²) in [5.41, 5.74) is 3.00. The van der Waals surface area contributed by atoms with Crippen molar-refractivity contribution in [1.82, 2.24) is 15.5 Å². The fourth-order valence-corrected chi connectivity index (χ4v) is 6.14. The largest absolute Gasteiger partial charge is 0.438 e. The van der Waals surface area contributed by atoms with Crippen molar-refractivity contribution in [2.24, 2.45) is 0 Å². The van der Waals surface area contributed by atoms with Crippen LogP contribution in [0.5, 0.6) is 0 Å². The van der Waals surface area contributed by atoms with Crippen LogP contribution in [0.15, 0.2) is 65.6 Å². The van der Waals surface area contributed by atoms with E-state index in [1.165, 1.54) is 6.08 Å². The number of carbonyl (C=O) groups is 2. The lowest BCUT2D eigenvalue weighted by Gasteiger charge is -2.45. The molecule has 0 saturated carbocycles. The van der Waals surface area contributed by atoms with Gasteiger partial charge in [0.2, 0.25) is 5.91 Å². The average Bonchev–Trinajstić information content (AvgIpc) is 2.97. The highest BCUT2D eigenvalue weighted by molar-refractivity contribution is 6.42. The summed E-state index contributed by atoms with van der Waals surface area (Å²) in [4.78, 5) is 27.9. The molecule has 7 nitrogen and oxygen atoms in total. The van der Waals surface area contributed by atoms with Crippen LogP contribution >= 0.6 is 23.2 Å². The number of hydrogen-bond donors (Lipinski definition) is 2. The minimum Gasteiger partial charge on any atom is -0.438 e. The zero-order chi connectivity index (χ0) is 29.0. The van der Waals surface area contributed by atoms with Crippen LogP contribution in [0.25, 0.3) is 0 Å². The highest BCUT2D eigenvalue weighted by Crippen LogP contribution is 2.42. The SMILES string of the molecule is N#Cc1ccc(CNC(=O)C(CCCN2CCC3(CC2)OC(=O)NC2=C3C=C(F)CC2)c2ccc(Cl)c(Cl)c2)cc1. The normalized spacial score (nSPS) is 19.0. The third-order valence-electron chi connectivity index (χ3n) is 8.11. The molecule has 1 unspecified atom stereocenters. The van der Waals surface area contributed by atoms with Gasteiger partial charge in [-0.2, -0.15) is 5.26 Å². The number of benzene rings is 2. The molecule has 0 radical (unpaired) electrons. The monoisotopic (exact) mass is 596 g/mol. The van der Waals surface area contributed by atoms with Gasteiger partial charge in [0.1, 0.15) is 11.4 Å². The van der Waals surface area contributed by atoms with Crippen LogP contribution in [-0.4, -0.2) is 42.1 Å². The van der Waals surface area contributed by atoms with E-state index in [9.17, 15) is 14.0 Å². The van der Waals surface area contributed by atoms with Crippen LogP contribution in [0, 0.1) is 11.3 Å². The summed E-state index contributed by atoms with van der Waals surface area (Å²) in [7, 11) is 0. The number of fused-ring (bicyclic) bond motifs is 1. The summed E-state index contributed by atoms with van der Waals surface area (Å²) in [6, 6.07) is 14.5. The van der Waals surface area contributed by atoms with Crippen molar-refractivity contribution in [3.63, 3.8) is 0 Å². The zero-order valence-corrected chi connectivity index (χ0v) is 24.0. The Kier molecular flexibility index (Phi) is 8.98. The number of nitrogens with one attached hydrogen (secondary N) is 2. The second kappa shape index (κ2) is 12.6. The molecule has 0 bridgehead atoms. The second-order valence-corrected chi connectivity index (χ2v) is 11.5. The maximum absolute atomic E-state index is 14.1. The van der Waals surface area contributed by atoms with Crippen LogP contribution in [0.2, 0.25) is 10.0 Å². The van der Waals surface area contributed by atoms with Crippen molar-refractivity contribution in [3.05, 3.63) is 92.4 Å². The maximum atomic E-state index is 14.1. The quantitative estimate of drug-likeness (QED) is 0.362. The van der Waals surface area contributed by atoms with Crippen molar-refractivity contribution < 1.29 is 18.7 Å². The third-order valence-corrected chi connectivity index (χ3v) is 8.85. The lowest BCUT2D eigenvalue weighted by molar-refractivity contribution is -0.122. The van der Waals surface area contributed by atoms with Gasteiger partial charge >= 0.3 is 6.09 Å². The number of ether oxygens (including phenoxy) is 1. The van der Waals surface area contributed by atoms with E-state index in [-0.39, 0.29) is 11.7 Å². The fourth-order valence-electron chi connectivity index (χ4n) is 5.83. The molecule has 1 spiro atoms. The molecule has 5 rings (SSSR count). The number of allylic oxidation sites excluding steroid dienone is 2. The Bertz CT molecular complexity index is 1430. The second-order valence-electron chi connectivity index (χ2n) is 10.7. The van der Waals surface area contributed by atoms with Crippen LogP contribution in [0.4, 0.5) is 9.18 Å². The predicted molar refractivity (Wildman–Crippen MR) is 155 cm³/mol. The number of hydrogen-bond acceptors (Lipinski definition) is 5. The van der Waals surface area contributed by atoms with Gasteiger partial charge in [-0.25, -0.2) is 9.18 Å². The van der Waals surface area contributed by atoms with E-state index in [1.54, 1.807) is 24.3 Å². The zero-order valence-electron chi connectivity index (χ0n) is 22.5. The van der Waals surface area contributed by atoms with Gasteiger partial charge in [-0.05, 0) is 67.3 Å². The molecule has 10 heteroatoms. The number of likely N-dealkylation sites (tertiary alicyclic amines) is 1. The maximum Gasteiger partial charge on any atom is 0.412 e. The molecule has 214 valence electrons. The molecule has 2 amide bonds. The Morgan fingerprint density at radius 1 is 1.15 bits per heavy atom. The number of piperidine rings is 1. The van der Waals surface area contributed by atoms with E-state index in [1.807, 2.05) is 18.2 Å². The van der Waals surface area contributed by atoms with Gasteiger partial charge in [0, 0.05) is 50.2 Å². The molecule has 2 aromatic rings. The molecule has 2 N–H and O–H groups in total. The Hall–Kier alpha value is -3.38. The molecule has 1 aliphatic carbocycles. The fraction of sp³-hybridized carbons (Fsp3) is 0.387. The molecule has 2 heterocycles. The summed E-state index contributed by atoms with van der Waals surface area (Å²) >= 11 is 12.4. The van der Waals surface area contributed by atoms with Gasteiger partial charge in [0.05, 0.1) is 27.6 Å². The lowest BCUT2D eigenvalue weighted by atomic mass is 9.79. The molecule has 1 fully saturated rings. The first-order valence-electron chi connectivity index (χ1n) is 13.8. The van der Waals surface area contributed by atoms with Gasteiger partial charge in [-0.3, -0.25) is 10.1 Å². The minimum absolute atomic E-state index is 0.113. The standard InChI is InChI=1S/C31H31Cl2FN4O3/c32-26-9-7-22(16-27(26)33)24(29(39)36-19-21-5-3-20(18-35)4-6-21)2-1-13-38-14-11-31(12-15-38)25-17-23(34)8-10-28(25)37-30(40)41-31/h3-7,9,16-17,24H,1-2,8,10-15,19H2,(H,36,39)(H,37,40). The molecular formula is C31H31Cl2FN4O3. The number of alkyl carbamates (subject to hydrolysis) is 1. The summed E-state index contributed by atoms with van der Waals surface area (Å²) in [6.07, 6.45) is 4.36. The first-order chi connectivity index (χ1) is 19.8. The summed E-state index contributed by atoms with van der Waals surface area (Å²) in [5.74, 6) is -0.721. The van der Waals surface area contributed by atoms with E-state index in [0.717, 1.165) is 35.4 Å². The average molecular weight is 598 g/mol. The minimum atomic E-state index is -0.792. The highest BCUT2D eigenvalue weighted by atomic mass is 35.5. The van der Waals surface area contributed by atoms with E-state index in [2.05, 4.69) is 21.6 Å².